The standard InChI is InChI=1S/C23H32N4O3/c1-22(2,3)30-21(29)26-23(12-4-5-13-23)20(28)25-18-10-14-27(15-11-18)19-8-6-17(16-24)7-9-19/h6-9,18H,4-5,10-15H2,1-3H3,(H,25,28)(H,26,29). The maximum absolute atomic E-state index is 13.1. The van der Waals surface area contributed by atoms with Crippen LogP contribution in [0, 0.1) is 11.3 Å². The SMILES string of the molecule is CC(C)(C)OC(=O)NC1(C(=O)NC2CCN(c3ccc(C#N)cc3)CC2)CCCC1. The predicted octanol–water partition coefficient (Wildman–Crippen LogP) is 3.48. The Morgan fingerprint density at radius 2 is 1.73 bits per heavy atom. The molecular weight excluding hydrogens is 380 g/mol. The first-order chi connectivity index (χ1) is 14.2. The van der Waals surface area contributed by atoms with E-state index in [4.69, 9.17) is 10.00 Å². The van der Waals surface area contributed by atoms with Crippen LogP contribution in [0.1, 0.15) is 64.9 Å². The molecule has 0 aromatic heterocycles. The van der Waals surface area contributed by atoms with Crippen molar-refractivity contribution in [3.05, 3.63) is 29.8 Å². The van der Waals surface area contributed by atoms with Crippen molar-refractivity contribution in [3.8, 4) is 6.07 Å². The maximum Gasteiger partial charge on any atom is 0.408 e. The number of rotatable bonds is 4. The van der Waals surface area contributed by atoms with Crippen molar-refractivity contribution in [2.75, 3.05) is 18.0 Å². The summed E-state index contributed by atoms with van der Waals surface area (Å²) >= 11 is 0. The Hall–Kier alpha value is -2.75. The molecule has 2 N–H and O–H groups in total. The molecule has 1 heterocycles. The fraction of sp³-hybridized carbons (Fsp3) is 0.609. The minimum Gasteiger partial charge on any atom is -0.444 e. The zero-order valence-electron chi connectivity index (χ0n) is 18.2. The first-order valence-corrected chi connectivity index (χ1v) is 10.8. The van der Waals surface area contributed by atoms with Crippen LogP contribution in [0.4, 0.5) is 10.5 Å². The third-order valence-electron chi connectivity index (χ3n) is 5.82. The van der Waals surface area contributed by atoms with Crippen molar-refractivity contribution in [1.82, 2.24) is 10.6 Å². The molecule has 2 aliphatic rings. The Bertz CT molecular complexity index is 793. The van der Waals surface area contributed by atoms with E-state index in [0.29, 0.717) is 18.4 Å². The van der Waals surface area contributed by atoms with Gasteiger partial charge in [0.15, 0.2) is 0 Å². The number of alkyl carbamates (subject to hydrolysis) is 1. The maximum atomic E-state index is 13.1. The normalized spacial score (nSPS) is 19.1. The first kappa shape index (κ1) is 21.9. The lowest BCUT2D eigenvalue weighted by Crippen LogP contribution is -2.60. The van der Waals surface area contributed by atoms with Crippen molar-refractivity contribution in [2.45, 2.75) is 76.5 Å². The second kappa shape index (κ2) is 8.95. The van der Waals surface area contributed by atoms with Crippen LogP contribution in [0.15, 0.2) is 24.3 Å². The molecule has 1 aromatic carbocycles. The van der Waals surface area contributed by atoms with Crippen molar-refractivity contribution in [1.29, 1.82) is 5.26 Å². The van der Waals surface area contributed by atoms with Gasteiger partial charge in [-0.3, -0.25) is 4.79 Å². The highest BCUT2D eigenvalue weighted by Crippen LogP contribution is 2.31. The molecule has 2 fully saturated rings. The summed E-state index contributed by atoms with van der Waals surface area (Å²) in [5.41, 5.74) is 0.281. The van der Waals surface area contributed by atoms with Crippen LogP contribution >= 0.6 is 0 Å². The highest BCUT2D eigenvalue weighted by Gasteiger charge is 2.44. The molecule has 1 aromatic rings. The van der Waals surface area contributed by atoms with Gasteiger partial charge in [0.2, 0.25) is 5.91 Å². The molecule has 3 rings (SSSR count). The number of piperidine rings is 1. The van der Waals surface area contributed by atoms with Gasteiger partial charge in [0.25, 0.3) is 0 Å². The van der Waals surface area contributed by atoms with Gasteiger partial charge in [-0.1, -0.05) is 12.8 Å². The molecule has 30 heavy (non-hydrogen) atoms. The lowest BCUT2D eigenvalue weighted by molar-refractivity contribution is -0.128. The van der Waals surface area contributed by atoms with E-state index in [9.17, 15) is 9.59 Å². The third-order valence-corrected chi connectivity index (χ3v) is 5.82. The zero-order chi connectivity index (χ0) is 21.8. The van der Waals surface area contributed by atoms with Crippen molar-refractivity contribution >= 4 is 17.7 Å². The van der Waals surface area contributed by atoms with E-state index in [1.54, 1.807) is 0 Å². The van der Waals surface area contributed by atoms with Gasteiger partial charge >= 0.3 is 6.09 Å². The average molecular weight is 413 g/mol. The Morgan fingerprint density at radius 3 is 2.27 bits per heavy atom. The number of carbonyl (C=O) groups excluding carboxylic acids is 2. The molecular formula is C23H32N4O3. The second-order valence-electron chi connectivity index (χ2n) is 9.31. The van der Waals surface area contributed by atoms with Crippen LogP contribution in [0.25, 0.3) is 0 Å². The van der Waals surface area contributed by atoms with Crippen molar-refractivity contribution in [3.63, 3.8) is 0 Å². The summed E-state index contributed by atoms with van der Waals surface area (Å²) in [6.07, 6.45) is 4.27. The van der Waals surface area contributed by atoms with E-state index in [0.717, 1.165) is 44.5 Å². The van der Waals surface area contributed by atoms with Gasteiger partial charge in [0.1, 0.15) is 11.1 Å². The van der Waals surface area contributed by atoms with Crippen LogP contribution in [0.2, 0.25) is 0 Å². The fourth-order valence-corrected chi connectivity index (χ4v) is 4.24. The van der Waals surface area contributed by atoms with Crippen LogP contribution in [-0.4, -0.2) is 42.3 Å². The number of carbonyl (C=O) groups is 2. The molecule has 1 saturated carbocycles. The lowest BCUT2D eigenvalue weighted by Gasteiger charge is -2.36. The number of hydrogen-bond acceptors (Lipinski definition) is 5. The Labute approximate surface area is 178 Å². The number of amides is 2. The lowest BCUT2D eigenvalue weighted by atomic mass is 9.94. The number of nitrogens with one attached hydrogen (secondary N) is 2. The zero-order valence-corrected chi connectivity index (χ0v) is 18.2. The Morgan fingerprint density at radius 1 is 1.13 bits per heavy atom. The molecule has 1 aliphatic heterocycles. The summed E-state index contributed by atoms with van der Waals surface area (Å²) in [7, 11) is 0. The van der Waals surface area contributed by atoms with E-state index in [-0.39, 0.29) is 11.9 Å². The van der Waals surface area contributed by atoms with Crippen molar-refractivity contribution in [2.24, 2.45) is 0 Å². The number of nitrogens with zero attached hydrogens (tertiary/aromatic N) is 2. The molecule has 1 saturated heterocycles. The Kier molecular flexibility index (Phi) is 6.55. The van der Waals surface area contributed by atoms with Crippen LogP contribution in [0.3, 0.4) is 0 Å². The summed E-state index contributed by atoms with van der Waals surface area (Å²) in [6.45, 7) is 7.12. The highest BCUT2D eigenvalue weighted by molar-refractivity contribution is 5.90. The van der Waals surface area contributed by atoms with E-state index in [1.165, 1.54) is 0 Å². The van der Waals surface area contributed by atoms with Gasteiger partial charge in [-0.15, -0.1) is 0 Å². The highest BCUT2D eigenvalue weighted by atomic mass is 16.6. The van der Waals surface area contributed by atoms with Gasteiger partial charge in [-0.25, -0.2) is 4.79 Å². The molecule has 1 aliphatic carbocycles. The predicted molar refractivity (Wildman–Crippen MR) is 115 cm³/mol. The Balaban J connectivity index is 1.55. The molecule has 7 heteroatoms. The fourth-order valence-electron chi connectivity index (χ4n) is 4.24. The summed E-state index contributed by atoms with van der Waals surface area (Å²) in [5, 5.41) is 15.0. The first-order valence-electron chi connectivity index (χ1n) is 10.8. The molecule has 0 radical (unpaired) electrons. The average Bonchev–Trinajstić information content (AvgIpc) is 3.17. The number of benzene rings is 1. The van der Waals surface area contributed by atoms with Gasteiger partial charge in [-0.05, 0) is 70.7 Å². The number of hydrogen-bond donors (Lipinski definition) is 2. The number of anilines is 1. The number of nitriles is 1. The minimum absolute atomic E-state index is 0.0880. The van der Waals surface area contributed by atoms with Gasteiger partial charge < -0.3 is 20.3 Å². The summed E-state index contributed by atoms with van der Waals surface area (Å²) in [6, 6.07) is 9.82. The quantitative estimate of drug-likeness (QED) is 0.790. The van der Waals surface area contributed by atoms with Crippen LogP contribution in [-0.2, 0) is 9.53 Å². The van der Waals surface area contributed by atoms with Gasteiger partial charge in [0.05, 0.1) is 11.6 Å². The van der Waals surface area contributed by atoms with E-state index >= 15 is 0 Å². The monoisotopic (exact) mass is 412 g/mol. The van der Waals surface area contributed by atoms with Crippen LogP contribution < -0.4 is 15.5 Å². The molecule has 0 spiro atoms. The molecule has 162 valence electrons. The second-order valence-corrected chi connectivity index (χ2v) is 9.31. The molecule has 0 atom stereocenters. The van der Waals surface area contributed by atoms with Gasteiger partial charge in [0, 0.05) is 24.8 Å². The van der Waals surface area contributed by atoms with E-state index < -0.39 is 17.2 Å². The molecule has 0 bridgehead atoms. The largest absolute Gasteiger partial charge is 0.444 e. The molecule has 0 unspecified atom stereocenters. The smallest absolute Gasteiger partial charge is 0.408 e. The van der Waals surface area contributed by atoms with Gasteiger partial charge in [-0.2, -0.15) is 5.26 Å². The van der Waals surface area contributed by atoms with Crippen molar-refractivity contribution < 1.29 is 14.3 Å². The topological polar surface area (TPSA) is 94.5 Å². The molecule has 2 amide bonds. The molecule has 7 nitrogen and oxygen atoms in total. The third kappa shape index (κ3) is 5.44. The van der Waals surface area contributed by atoms with Crippen LogP contribution in [0.5, 0.6) is 0 Å². The minimum atomic E-state index is -0.868. The van der Waals surface area contributed by atoms with E-state index in [2.05, 4.69) is 21.6 Å². The summed E-state index contributed by atoms with van der Waals surface area (Å²) < 4.78 is 5.39. The van der Waals surface area contributed by atoms with E-state index in [1.807, 2.05) is 45.0 Å². The summed E-state index contributed by atoms with van der Waals surface area (Å²) in [5.74, 6) is -0.0947. The number of ether oxygens (including phenoxy) is 1. The summed E-state index contributed by atoms with van der Waals surface area (Å²) in [4.78, 5) is 27.7.